The quantitative estimate of drug-likeness (QED) is 0.474. The molecule has 0 aliphatic heterocycles. The van der Waals surface area contributed by atoms with Crippen molar-refractivity contribution in [2.45, 2.75) is 26.8 Å². The molecule has 0 radical (unpaired) electrons. The van der Waals surface area contributed by atoms with Crippen molar-refractivity contribution in [2.75, 3.05) is 18.5 Å². The van der Waals surface area contributed by atoms with Gasteiger partial charge in [0.05, 0.1) is 13.2 Å². The van der Waals surface area contributed by atoms with E-state index in [0.717, 1.165) is 36.8 Å². The molecule has 3 heteroatoms. The zero-order valence-corrected chi connectivity index (χ0v) is 16.7. The molecule has 0 atom stereocenters. The summed E-state index contributed by atoms with van der Waals surface area (Å²) in [4.78, 5) is 0. The minimum atomic E-state index is 0.519. The fourth-order valence-corrected chi connectivity index (χ4v) is 2.80. The highest BCUT2D eigenvalue weighted by atomic mass is 16.5. The average molecular weight is 376 g/mol. The minimum Gasteiger partial charge on any atom is -0.493 e. The van der Waals surface area contributed by atoms with Gasteiger partial charge in [-0.3, -0.25) is 0 Å². The van der Waals surface area contributed by atoms with Crippen LogP contribution in [0.15, 0.2) is 78.9 Å². The molecule has 28 heavy (non-hydrogen) atoms. The Morgan fingerprint density at radius 3 is 2.29 bits per heavy atom. The fraction of sp³-hybridized carbons (Fsp3) is 0.280. The second-order valence-electron chi connectivity index (χ2n) is 7.31. The molecule has 0 bridgehead atoms. The Morgan fingerprint density at radius 1 is 0.750 bits per heavy atom. The molecule has 0 aliphatic carbocycles. The van der Waals surface area contributed by atoms with Gasteiger partial charge < -0.3 is 14.8 Å². The first-order valence-electron chi connectivity index (χ1n) is 9.91. The molecular formula is C25H29NO2. The number of nitrogens with one attached hydrogen (secondary N) is 1. The van der Waals surface area contributed by atoms with E-state index in [1.807, 2.05) is 36.4 Å². The molecule has 0 amide bonds. The van der Waals surface area contributed by atoms with Crippen molar-refractivity contribution in [1.82, 2.24) is 0 Å². The van der Waals surface area contributed by atoms with Gasteiger partial charge in [0.2, 0.25) is 0 Å². The van der Waals surface area contributed by atoms with Crippen LogP contribution in [0.4, 0.5) is 5.69 Å². The van der Waals surface area contributed by atoms with E-state index < -0.39 is 0 Å². The summed E-state index contributed by atoms with van der Waals surface area (Å²) >= 11 is 0. The maximum atomic E-state index is 5.85. The molecule has 0 aromatic heterocycles. The van der Waals surface area contributed by atoms with Crippen LogP contribution in [-0.4, -0.2) is 13.2 Å². The fourth-order valence-electron chi connectivity index (χ4n) is 2.80. The van der Waals surface area contributed by atoms with E-state index in [9.17, 15) is 0 Å². The Kier molecular flexibility index (Phi) is 7.36. The smallest absolute Gasteiger partial charge is 0.121 e. The Balaban J connectivity index is 1.44. The second-order valence-corrected chi connectivity index (χ2v) is 7.31. The molecule has 3 rings (SSSR count). The van der Waals surface area contributed by atoms with Crippen LogP contribution in [0.25, 0.3) is 0 Å². The molecule has 0 aliphatic rings. The molecule has 0 saturated heterocycles. The van der Waals surface area contributed by atoms with Crippen LogP contribution in [0, 0.1) is 5.92 Å². The van der Waals surface area contributed by atoms with Gasteiger partial charge in [-0.2, -0.15) is 0 Å². The molecule has 146 valence electrons. The van der Waals surface area contributed by atoms with Gasteiger partial charge in [0, 0.05) is 24.7 Å². The zero-order chi connectivity index (χ0) is 19.6. The molecule has 0 saturated carbocycles. The van der Waals surface area contributed by atoms with E-state index >= 15 is 0 Å². The lowest BCUT2D eigenvalue weighted by atomic mass is 10.2. The zero-order valence-electron chi connectivity index (χ0n) is 16.7. The number of anilines is 1. The summed E-state index contributed by atoms with van der Waals surface area (Å²) in [6, 6.07) is 26.8. The largest absolute Gasteiger partial charge is 0.493 e. The van der Waals surface area contributed by atoms with Crippen molar-refractivity contribution >= 4 is 5.69 Å². The average Bonchev–Trinajstić information content (AvgIpc) is 2.73. The van der Waals surface area contributed by atoms with E-state index in [2.05, 4.69) is 61.6 Å². The third-order valence-electron chi connectivity index (χ3n) is 4.34. The number of benzene rings is 3. The Morgan fingerprint density at radius 2 is 1.54 bits per heavy atom. The normalized spacial score (nSPS) is 10.7. The van der Waals surface area contributed by atoms with Gasteiger partial charge in [-0.15, -0.1) is 0 Å². The number of hydrogen-bond acceptors (Lipinski definition) is 3. The Bertz CT molecular complexity index is 829. The van der Waals surface area contributed by atoms with E-state index in [1.165, 1.54) is 11.1 Å². The molecule has 0 fully saturated rings. The van der Waals surface area contributed by atoms with Crippen LogP contribution >= 0.6 is 0 Å². The van der Waals surface area contributed by atoms with Crippen molar-refractivity contribution in [2.24, 2.45) is 5.92 Å². The topological polar surface area (TPSA) is 30.5 Å². The van der Waals surface area contributed by atoms with Crippen molar-refractivity contribution in [3.05, 3.63) is 90.0 Å². The summed E-state index contributed by atoms with van der Waals surface area (Å²) in [6.07, 6.45) is 0.916. The predicted octanol–water partition coefficient (Wildman–Crippen LogP) is 5.96. The van der Waals surface area contributed by atoms with Crippen molar-refractivity contribution < 1.29 is 9.47 Å². The van der Waals surface area contributed by atoms with Crippen LogP contribution in [0.5, 0.6) is 11.5 Å². The van der Waals surface area contributed by atoms with Crippen LogP contribution in [0.2, 0.25) is 0 Å². The Labute approximate surface area is 168 Å². The van der Waals surface area contributed by atoms with E-state index in [0.29, 0.717) is 12.5 Å². The van der Waals surface area contributed by atoms with Gasteiger partial charge >= 0.3 is 0 Å². The second kappa shape index (κ2) is 10.4. The highest BCUT2D eigenvalue weighted by Crippen LogP contribution is 2.19. The molecule has 0 heterocycles. The lowest BCUT2D eigenvalue weighted by molar-refractivity contribution is 0.271. The van der Waals surface area contributed by atoms with Gasteiger partial charge in [0.15, 0.2) is 0 Å². The monoisotopic (exact) mass is 375 g/mol. The molecule has 0 unspecified atom stereocenters. The highest BCUT2D eigenvalue weighted by molar-refractivity contribution is 5.48. The van der Waals surface area contributed by atoms with E-state index in [-0.39, 0.29) is 0 Å². The number of rotatable bonds is 10. The highest BCUT2D eigenvalue weighted by Gasteiger charge is 2.01. The number of ether oxygens (including phenoxy) is 2. The molecule has 1 N–H and O–H groups in total. The standard InChI is InChI=1S/C25H29NO2/c1-20(2)19-28-25-10-6-9-23(17-25)26-18-22-11-13-24(14-12-22)27-16-15-21-7-4-3-5-8-21/h3-14,17,20,26H,15-16,18-19H2,1-2H3. The summed E-state index contributed by atoms with van der Waals surface area (Å²) in [6.45, 7) is 6.48. The predicted molar refractivity (Wildman–Crippen MR) is 116 cm³/mol. The van der Waals surface area contributed by atoms with E-state index in [4.69, 9.17) is 9.47 Å². The van der Waals surface area contributed by atoms with Gasteiger partial charge in [-0.25, -0.2) is 0 Å². The lowest BCUT2D eigenvalue weighted by Gasteiger charge is -2.12. The van der Waals surface area contributed by atoms with Gasteiger partial charge in [0.25, 0.3) is 0 Å². The van der Waals surface area contributed by atoms with Crippen LogP contribution in [0.3, 0.4) is 0 Å². The van der Waals surface area contributed by atoms with E-state index in [1.54, 1.807) is 0 Å². The van der Waals surface area contributed by atoms with Crippen LogP contribution in [-0.2, 0) is 13.0 Å². The van der Waals surface area contributed by atoms with Crippen molar-refractivity contribution in [3.8, 4) is 11.5 Å². The molecule has 3 aromatic carbocycles. The molecular weight excluding hydrogens is 346 g/mol. The summed E-state index contributed by atoms with van der Waals surface area (Å²) < 4.78 is 11.6. The Hall–Kier alpha value is -2.94. The molecule has 3 aromatic rings. The van der Waals surface area contributed by atoms with Crippen LogP contribution < -0.4 is 14.8 Å². The van der Waals surface area contributed by atoms with Crippen molar-refractivity contribution in [3.63, 3.8) is 0 Å². The summed E-state index contributed by atoms with van der Waals surface area (Å²) in [5.74, 6) is 2.33. The van der Waals surface area contributed by atoms with Gasteiger partial charge in [-0.05, 0) is 41.3 Å². The first kappa shape index (κ1) is 19.8. The molecule has 3 nitrogen and oxygen atoms in total. The SMILES string of the molecule is CC(C)COc1cccc(NCc2ccc(OCCc3ccccc3)cc2)c1. The van der Waals surface area contributed by atoms with Gasteiger partial charge in [0.1, 0.15) is 11.5 Å². The first-order chi connectivity index (χ1) is 13.7. The summed E-state index contributed by atoms with van der Waals surface area (Å²) in [7, 11) is 0. The first-order valence-corrected chi connectivity index (χ1v) is 9.91. The van der Waals surface area contributed by atoms with Crippen LogP contribution in [0.1, 0.15) is 25.0 Å². The summed E-state index contributed by atoms with van der Waals surface area (Å²) in [5.41, 5.74) is 3.57. The maximum Gasteiger partial charge on any atom is 0.121 e. The minimum absolute atomic E-state index is 0.519. The third kappa shape index (κ3) is 6.66. The number of hydrogen-bond donors (Lipinski definition) is 1. The lowest BCUT2D eigenvalue weighted by Crippen LogP contribution is -2.05. The third-order valence-corrected chi connectivity index (χ3v) is 4.34. The maximum absolute atomic E-state index is 5.85. The summed E-state index contributed by atoms with van der Waals surface area (Å²) in [5, 5.41) is 3.45. The molecule has 0 spiro atoms. The van der Waals surface area contributed by atoms with Gasteiger partial charge in [-0.1, -0.05) is 62.4 Å². The van der Waals surface area contributed by atoms with Crippen molar-refractivity contribution in [1.29, 1.82) is 0 Å².